The Balaban J connectivity index is 2.33. The zero-order valence-corrected chi connectivity index (χ0v) is 21.5. The molecule has 0 aromatic heterocycles. The summed E-state index contributed by atoms with van der Waals surface area (Å²) in [6, 6.07) is 5.00. The van der Waals surface area contributed by atoms with Crippen LogP contribution in [0.4, 0.5) is 5.69 Å². The molecule has 0 saturated heterocycles. The average Bonchev–Trinajstić information content (AvgIpc) is 2.85. The van der Waals surface area contributed by atoms with Crippen molar-refractivity contribution in [2.24, 2.45) is 0 Å². The number of rotatable bonds is 21. The molecular weight excluding hydrogens is 466 g/mol. The van der Waals surface area contributed by atoms with Gasteiger partial charge in [0.2, 0.25) is 0 Å². The molecule has 1 aromatic carbocycles. The van der Waals surface area contributed by atoms with E-state index in [1.165, 1.54) is 24.3 Å². The van der Waals surface area contributed by atoms with E-state index < -0.39 is 29.4 Å². The van der Waals surface area contributed by atoms with Crippen LogP contribution in [0.1, 0.15) is 114 Å². The predicted octanol–water partition coefficient (Wildman–Crippen LogP) is 6.62. The highest BCUT2D eigenvalue weighted by atomic mass is 16.6. The largest absolute Gasteiger partial charge is 0.481 e. The fraction of sp³-hybridized carbons (Fsp3) is 0.667. The van der Waals surface area contributed by atoms with Crippen LogP contribution in [0.5, 0.6) is 0 Å². The van der Waals surface area contributed by atoms with E-state index in [-0.39, 0.29) is 23.8 Å². The van der Waals surface area contributed by atoms with Gasteiger partial charge in [-0.2, -0.15) is 0 Å². The van der Waals surface area contributed by atoms with Gasteiger partial charge in [-0.3, -0.25) is 14.9 Å². The Kier molecular flexibility index (Phi) is 16.6. The molecule has 0 aliphatic heterocycles. The Hall–Kier alpha value is -2.97. The first-order chi connectivity index (χ1) is 17.3. The SMILES string of the molecule is CCCCCC[C@H](CCCCCCCCCCC(=O)O)OC(=O)COC(=O)c1ccc([N+](=O)[O-])cc1. The van der Waals surface area contributed by atoms with Crippen LogP contribution >= 0.6 is 0 Å². The molecule has 0 spiro atoms. The normalized spacial score (nSPS) is 11.6. The summed E-state index contributed by atoms with van der Waals surface area (Å²) >= 11 is 0. The minimum atomic E-state index is -0.734. The summed E-state index contributed by atoms with van der Waals surface area (Å²) in [5.74, 6) is -2.06. The van der Waals surface area contributed by atoms with Gasteiger partial charge in [-0.25, -0.2) is 9.59 Å². The van der Waals surface area contributed by atoms with E-state index in [1.54, 1.807) is 0 Å². The molecule has 0 amide bonds. The standard InChI is InChI=1S/C27H41NO8/c1-2-3-4-11-14-24(15-12-9-7-5-6-8-10-13-16-25(29)30)36-26(31)21-35-27(32)22-17-19-23(20-18-22)28(33)34/h17-20,24H,2-16,21H2,1H3,(H,29,30)/t24-/m1/s1. The summed E-state index contributed by atoms with van der Waals surface area (Å²) in [5.41, 5.74) is -0.000912. The number of ether oxygens (including phenoxy) is 2. The highest BCUT2D eigenvalue weighted by molar-refractivity contribution is 5.91. The van der Waals surface area contributed by atoms with Crippen LogP contribution in [0.15, 0.2) is 24.3 Å². The number of carbonyl (C=O) groups is 3. The van der Waals surface area contributed by atoms with Gasteiger partial charge in [0.1, 0.15) is 6.10 Å². The van der Waals surface area contributed by atoms with E-state index in [9.17, 15) is 24.5 Å². The highest BCUT2D eigenvalue weighted by Crippen LogP contribution is 2.17. The number of benzene rings is 1. The number of aliphatic carboxylic acids is 1. The third-order valence-corrected chi connectivity index (χ3v) is 5.98. The third-order valence-electron chi connectivity index (χ3n) is 5.98. The van der Waals surface area contributed by atoms with Crippen LogP contribution in [-0.2, 0) is 19.1 Å². The number of carboxylic acids is 1. The second-order valence-electron chi connectivity index (χ2n) is 9.10. The first-order valence-corrected chi connectivity index (χ1v) is 13.2. The van der Waals surface area contributed by atoms with Gasteiger partial charge in [-0.1, -0.05) is 64.7 Å². The van der Waals surface area contributed by atoms with E-state index in [0.29, 0.717) is 0 Å². The molecule has 0 unspecified atom stereocenters. The molecule has 9 nitrogen and oxygen atoms in total. The van der Waals surface area contributed by atoms with E-state index in [2.05, 4.69) is 6.92 Å². The third kappa shape index (κ3) is 15.1. The quantitative estimate of drug-likeness (QED) is 0.0849. The number of non-ortho nitro benzene ring substituents is 1. The molecule has 1 rings (SSSR count). The van der Waals surface area contributed by atoms with E-state index in [1.807, 2.05) is 0 Å². The van der Waals surface area contributed by atoms with Crippen molar-refractivity contribution in [1.82, 2.24) is 0 Å². The maximum absolute atomic E-state index is 12.3. The second kappa shape index (κ2) is 19.2. The molecule has 0 fully saturated rings. The van der Waals surface area contributed by atoms with Crippen molar-refractivity contribution in [3.05, 3.63) is 39.9 Å². The lowest BCUT2D eigenvalue weighted by molar-refractivity contribution is -0.384. The lowest BCUT2D eigenvalue weighted by atomic mass is 10.0. The van der Waals surface area contributed by atoms with Crippen LogP contribution in [0.25, 0.3) is 0 Å². The van der Waals surface area contributed by atoms with Gasteiger partial charge in [0.15, 0.2) is 6.61 Å². The summed E-state index contributed by atoms with van der Waals surface area (Å²) in [4.78, 5) is 45.1. The number of carbonyl (C=O) groups excluding carboxylic acids is 2. The monoisotopic (exact) mass is 507 g/mol. The molecule has 0 aliphatic rings. The van der Waals surface area contributed by atoms with Crippen LogP contribution in [-0.4, -0.2) is 40.6 Å². The fourth-order valence-electron chi connectivity index (χ4n) is 3.92. The van der Waals surface area contributed by atoms with E-state index in [4.69, 9.17) is 14.6 Å². The van der Waals surface area contributed by atoms with E-state index in [0.717, 1.165) is 89.9 Å². The first kappa shape index (κ1) is 31.1. The number of nitrogens with zero attached hydrogens (tertiary/aromatic N) is 1. The molecule has 0 heterocycles. The van der Waals surface area contributed by atoms with Gasteiger partial charge in [0.25, 0.3) is 5.69 Å². The van der Waals surface area contributed by atoms with Crippen LogP contribution in [0.3, 0.4) is 0 Å². The molecule has 36 heavy (non-hydrogen) atoms. The van der Waals surface area contributed by atoms with Gasteiger partial charge in [0, 0.05) is 18.6 Å². The summed E-state index contributed by atoms with van der Waals surface area (Å²) in [7, 11) is 0. The molecule has 1 N–H and O–H groups in total. The summed E-state index contributed by atoms with van der Waals surface area (Å²) in [5, 5.41) is 19.4. The maximum Gasteiger partial charge on any atom is 0.344 e. The Morgan fingerprint density at radius 1 is 0.861 bits per heavy atom. The average molecular weight is 508 g/mol. The van der Waals surface area contributed by atoms with Gasteiger partial charge < -0.3 is 14.6 Å². The molecule has 0 bridgehead atoms. The van der Waals surface area contributed by atoms with Crippen molar-refractivity contribution in [3.63, 3.8) is 0 Å². The zero-order valence-electron chi connectivity index (χ0n) is 21.5. The molecule has 0 saturated carbocycles. The minimum Gasteiger partial charge on any atom is -0.481 e. The lowest BCUT2D eigenvalue weighted by Crippen LogP contribution is -2.23. The van der Waals surface area contributed by atoms with Crippen LogP contribution < -0.4 is 0 Å². The number of nitro groups is 1. The second-order valence-corrected chi connectivity index (χ2v) is 9.10. The minimum absolute atomic E-state index is 0.131. The number of hydrogen-bond donors (Lipinski definition) is 1. The number of nitro benzene ring substituents is 1. The molecule has 9 heteroatoms. The Morgan fingerprint density at radius 3 is 1.92 bits per heavy atom. The Labute approximate surface area is 213 Å². The van der Waals surface area contributed by atoms with Crippen molar-refractivity contribution in [2.45, 2.75) is 109 Å². The van der Waals surface area contributed by atoms with Crippen molar-refractivity contribution < 1.29 is 33.9 Å². The van der Waals surface area contributed by atoms with Crippen molar-refractivity contribution in [2.75, 3.05) is 6.61 Å². The summed E-state index contributed by atoms with van der Waals surface area (Å²) in [6.07, 6.45) is 14.0. The lowest BCUT2D eigenvalue weighted by Gasteiger charge is -2.18. The maximum atomic E-state index is 12.3. The van der Waals surface area contributed by atoms with E-state index >= 15 is 0 Å². The van der Waals surface area contributed by atoms with Crippen molar-refractivity contribution >= 4 is 23.6 Å². The predicted molar refractivity (Wildman–Crippen MR) is 136 cm³/mol. The highest BCUT2D eigenvalue weighted by Gasteiger charge is 2.17. The Bertz CT molecular complexity index is 793. The number of hydrogen-bond acceptors (Lipinski definition) is 7. The molecule has 1 aromatic rings. The van der Waals surface area contributed by atoms with Crippen LogP contribution in [0.2, 0.25) is 0 Å². The smallest absolute Gasteiger partial charge is 0.344 e. The van der Waals surface area contributed by atoms with Gasteiger partial charge >= 0.3 is 17.9 Å². The molecule has 202 valence electrons. The number of unbranched alkanes of at least 4 members (excludes halogenated alkanes) is 10. The summed E-state index contributed by atoms with van der Waals surface area (Å²) < 4.78 is 10.6. The number of carboxylic acid groups (broad SMARTS) is 1. The van der Waals surface area contributed by atoms with Gasteiger partial charge in [-0.15, -0.1) is 0 Å². The Morgan fingerprint density at radius 2 is 1.39 bits per heavy atom. The topological polar surface area (TPSA) is 133 Å². The first-order valence-electron chi connectivity index (χ1n) is 13.2. The van der Waals surface area contributed by atoms with Gasteiger partial charge in [-0.05, 0) is 44.2 Å². The number of esters is 2. The molecule has 0 radical (unpaired) electrons. The van der Waals surface area contributed by atoms with Crippen molar-refractivity contribution in [3.8, 4) is 0 Å². The van der Waals surface area contributed by atoms with Crippen molar-refractivity contribution in [1.29, 1.82) is 0 Å². The molecular formula is C27H41NO8. The zero-order chi connectivity index (χ0) is 26.6. The van der Waals surface area contributed by atoms with Crippen LogP contribution in [0, 0.1) is 10.1 Å². The summed E-state index contributed by atoms with van der Waals surface area (Å²) in [6.45, 7) is 1.64. The molecule has 0 aliphatic carbocycles. The fourth-order valence-corrected chi connectivity index (χ4v) is 3.92. The molecule has 1 atom stereocenters. The van der Waals surface area contributed by atoms with Gasteiger partial charge in [0.05, 0.1) is 10.5 Å².